The van der Waals surface area contributed by atoms with Crippen LogP contribution >= 0.6 is 11.6 Å². The third-order valence-electron chi connectivity index (χ3n) is 2.39. The fourth-order valence-electron chi connectivity index (χ4n) is 1.67. The SMILES string of the molecule is CC(C)c1cccc2cnc(Cl)cc12. The van der Waals surface area contributed by atoms with Crippen molar-refractivity contribution in [1.29, 1.82) is 0 Å². The van der Waals surface area contributed by atoms with E-state index >= 15 is 0 Å². The van der Waals surface area contributed by atoms with Gasteiger partial charge in [0.15, 0.2) is 0 Å². The maximum atomic E-state index is 5.88. The Morgan fingerprint density at radius 2 is 2.07 bits per heavy atom. The molecule has 0 unspecified atom stereocenters. The van der Waals surface area contributed by atoms with Crippen molar-refractivity contribution in [2.45, 2.75) is 19.8 Å². The van der Waals surface area contributed by atoms with Gasteiger partial charge in [0.1, 0.15) is 5.15 Å². The lowest BCUT2D eigenvalue weighted by Gasteiger charge is -2.09. The summed E-state index contributed by atoms with van der Waals surface area (Å²) in [5.74, 6) is 0.511. The van der Waals surface area contributed by atoms with Crippen LogP contribution in [0.15, 0.2) is 30.5 Å². The van der Waals surface area contributed by atoms with Crippen LogP contribution in [0.5, 0.6) is 0 Å². The van der Waals surface area contributed by atoms with Crippen LogP contribution in [-0.4, -0.2) is 4.98 Å². The van der Waals surface area contributed by atoms with Gasteiger partial charge in [-0.1, -0.05) is 43.6 Å². The van der Waals surface area contributed by atoms with Crippen LogP contribution in [0, 0.1) is 0 Å². The molecule has 0 aliphatic rings. The van der Waals surface area contributed by atoms with Crippen molar-refractivity contribution in [3.05, 3.63) is 41.2 Å². The highest BCUT2D eigenvalue weighted by Gasteiger charge is 2.05. The molecule has 2 heteroatoms. The van der Waals surface area contributed by atoms with Gasteiger partial charge in [0.2, 0.25) is 0 Å². The average Bonchev–Trinajstić information content (AvgIpc) is 2.16. The van der Waals surface area contributed by atoms with E-state index in [4.69, 9.17) is 11.6 Å². The van der Waals surface area contributed by atoms with E-state index in [-0.39, 0.29) is 0 Å². The Kier molecular flexibility index (Phi) is 2.42. The average molecular weight is 206 g/mol. The number of aromatic nitrogens is 1. The first-order chi connectivity index (χ1) is 6.68. The van der Waals surface area contributed by atoms with E-state index < -0.39 is 0 Å². The van der Waals surface area contributed by atoms with Crippen LogP contribution in [0.1, 0.15) is 25.3 Å². The molecule has 1 heterocycles. The molecule has 0 amide bonds. The monoisotopic (exact) mass is 205 g/mol. The summed E-state index contributed by atoms with van der Waals surface area (Å²) in [6.07, 6.45) is 1.82. The molecule has 14 heavy (non-hydrogen) atoms. The second-order valence-corrected chi connectivity index (χ2v) is 4.12. The summed E-state index contributed by atoms with van der Waals surface area (Å²) in [6.45, 7) is 4.37. The Hall–Kier alpha value is -1.08. The topological polar surface area (TPSA) is 12.9 Å². The van der Waals surface area contributed by atoms with Gasteiger partial charge in [0.05, 0.1) is 0 Å². The Morgan fingerprint density at radius 3 is 2.79 bits per heavy atom. The summed E-state index contributed by atoms with van der Waals surface area (Å²) in [5, 5.41) is 2.92. The highest BCUT2D eigenvalue weighted by molar-refractivity contribution is 6.30. The molecule has 0 saturated heterocycles. The van der Waals surface area contributed by atoms with Crippen molar-refractivity contribution in [1.82, 2.24) is 4.98 Å². The van der Waals surface area contributed by atoms with Gasteiger partial charge in [0, 0.05) is 11.6 Å². The minimum Gasteiger partial charge on any atom is -0.244 e. The summed E-state index contributed by atoms with van der Waals surface area (Å²) in [5.41, 5.74) is 1.33. The van der Waals surface area contributed by atoms with Gasteiger partial charge >= 0.3 is 0 Å². The Balaban J connectivity index is 2.77. The fourth-order valence-corrected chi connectivity index (χ4v) is 1.83. The van der Waals surface area contributed by atoms with Crippen molar-refractivity contribution in [2.24, 2.45) is 0 Å². The normalized spacial score (nSPS) is 11.1. The van der Waals surface area contributed by atoms with Crippen LogP contribution in [0.3, 0.4) is 0 Å². The van der Waals surface area contributed by atoms with E-state index in [1.54, 1.807) is 0 Å². The number of halogens is 1. The van der Waals surface area contributed by atoms with Crippen LogP contribution in [0.2, 0.25) is 5.15 Å². The Morgan fingerprint density at radius 1 is 1.29 bits per heavy atom. The van der Waals surface area contributed by atoms with Gasteiger partial charge in [-0.2, -0.15) is 0 Å². The third-order valence-corrected chi connectivity index (χ3v) is 2.59. The Bertz CT molecular complexity index is 463. The maximum Gasteiger partial charge on any atom is 0.129 e. The summed E-state index contributed by atoms with van der Waals surface area (Å²) < 4.78 is 0. The number of hydrogen-bond donors (Lipinski definition) is 0. The molecule has 0 bridgehead atoms. The minimum absolute atomic E-state index is 0.511. The molecule has 0 spiro atoms. The molecule has 0 atom stereocenters. The quantitative estimate of drug-likeness (QED) is 0.641. The van der Waals surface area contributed by atoms with Gasteiger partial charge in [-0.15, -0.1) is 0 Å². The molecule has 0 aliphatic heterocycles. The zero-order valence-electron chi connectivity index (χ0n) is 8.29. The van der Waals surface area contributed by atoms with Crippen molar-refractivity contribution in [3.8, 4) is 0 Å². The summed E-state index contributed by atoms with van der Waals surface area (Å²) >= 11 is 5.88. The van der Waals surface area contributed by atoms with Crippen molar-refractivity contribution in [2.75, 3.05) is 0 Å². The molecule has 1 nitrogen and oxygen atoms in total. The first-order valence-corrected chi connectivity index (χ1v) is 5.10. The second kappa shape index (κ2) is 3.58. The number of benzene rings is 1. The number of hydrogen-bond acceptors (Lipinski definition) is 1. The molecule has 0 saturated carbocycles. The summed E-state index contributed by atoms with van der Waals surface area (Å²) in [7, 11) is 0. The van der Waals surface area contributed by atoms with Crippen molar-refractivity contribution < 1.29 is 0 Å². The lowest BCUT2D eigenvalue weighted by Crippen LogP contribution is -1.89. The van der Waals surface area contributed by atoms with E-state index in [0.717, 1.165) is 5.39 Å². The molecule has 1 aromatic carbocycles. The van der Waals surface area contributed by atoms with E-state index in [2.05, 4.69) is 37.0 Å². The molecule has 0 fully saturated rings. The van der Waals surface area contributed by atoms with Gasteiger partial charge in [0.25, 0.3) is 0 Å². The van der Waals surface area contributed by atoms with Crippen molar-refractivity contribution >= 4 is 22.4 Å². The smallest absolute Gasteiger partial charge is 0.129 e. The lowest BCUT2D eigenvalue weighted by molar-refractivity contribution is 0.876. The minimum atomic E-state index is 0.511. The van der Waals surface area contributed by atoms with Gasteiger partial charge < -0.3 is 0 Å². The van der Waals surface area contributed by atoms with Crippen LogP contribution < -0.4 is 0 Å². The number of nitrogens with zero attached hydrogens (tertiary/aromatic N) is 1. The first kappa shape index (κ1) is 9.47. The molecule has 1 aromatic heterocycles. The molecule has 2 aromatic rings. The number of pyridine rings is 1. The Labute approximate surface area is 88.7 Å². The van der Waals surface area contributed by atoms with Gasteiger partial charge in [-0.05, 0) is 22.9 Å². The predicted octanol–water partition coefficient (Wildman–Crippen LogP) is 4.01. The molecule has 0 aliphatic carbocycles. The fraction of sp³-hybridized carbons (Fsp3) is 0.250. The number of rotatable bonds is 1. The largest absolute Gasteiger partial charge is 0.244 e. The molecule has 0 N–H and O–H groups in total. The zero-order chi connectivity index (χ0) is 10.1. The molecular weight excluding hydrogens is 194 g/mol. The van der Waals surface area contributed by atoms with E-state index in [1.165, 1.54) is 10.9 Å². The number of fused-ring (bicyclic) bond motifs is 1. The highest BCUT2D eigenvalue weighted by atomic mass is 35.5. The lowest BCUT2D eigenvalue weighted by atomic mass is 9.97. The van der Waals surface area contributed by atoms with E-state index in [1.807, 2.05) is 12.3 Å². The summed E-state index contributed by atoms with van der Waals surface area (Å²) in [4.78, 5) is 4.07. The standard InChI is InChI=1S/C12H12ClN/c1-8(2)10-5-3-4-9-7-14-12(13)6-11(9)10/h3-8H,1-2H3. The molecule has 0 radical (unpaired) electrons. The third kappa shape index (κ3) is 1.60. The predicted molar refractivity (Wildman–Crippen MR) is 60.8 cm³/mol. The summed E-state index contributed by atoms with van der Waals surface area (Å²) in [6, 6.07) is 8.20. The second-order valence-electron chi connectivity index (χ2n) is 3.73. The molecular formula is C12H12ClN. The zero-order valence-corrected chi connectivity index (χ0v) is 9.05. The molecule has 2 rings (SSSR count). The van der Waals surface area contributed by atoms with E-state index in [9.17, 15) is 0 Å². The van der Waals surface area contributed by atoms with Gasteiger partial charge in [-0.25, -0.2) is 4.98 Å². The first-order valence-electron chi connectivity index (χ1n) is 4.72. The van der Waals surface area contributed by atoms with E-state index in [0.29, 0.717) is 11.1 Å². The van der Waals surface area contributed by atoms with Crippen LogP contribution in [0.25, 0.3) is 10.8 Å². The van der Waals surface area contributed by atoms with Crippen molar-refractivity contribution in [3.63, 3.8) is 0 Å². The molecule has 72 valence electrons. The van der Waals surface area contributed by atoms with Gasteiger partial charge in [-0.3, -0.25) is 0 Å². The van der Waals surface area contributed by atoms with Crippen LogP contribution in [0.4, 0.5) is 0 Å². The maximum absolute atomic E-state index is 5.88. The highest BCUT2D eigenvalue weighted by Crippen LogP contribution is 2.26. The van der Waals surface area contributed by atoms with Crippen LogP contribution in [-0.2, 0) is 0 Å².